The van der Waals surface area contributed by atoms with Crippen LogP contribution in [0, 0.1) is 11.7 Å². The van der Waals surface area contributed by atoms with E-state index in [2.05, 4.69) is 10.6 Å². The predicted molar refractivity (Wildman–Crippen MR) is 166 cm³/mol. The number of amides is 3. The summed E-state index contributed by atoms with van der Waals surface area (Å²) in [6, 6.07) is 12.9. The number of benzene rings is 3. The zero-order valence-electron chi connectivity index (χ0n) is 22.7. The van der Waals surface area contributed by atoms with Crippen molar-refractivity contribution < 1.29 is 23.5 Å². The van der Waals surface area contributed by atoms with Gasteiger partial charge in [0.1, 0.15) is 15.8 Å². The maximum atomic E-state index is 14.9. The first-order chi connectivity index (χ1) is 19.5. The fraction of sp³-hybridized carbons (Fsp3) is 0.276. The molecule has 0 heterocycles. The van der Waals surface area contributed by atoms with Gasteiger partial charge >= 0.3 is 6.09 Å². The molecule has 7 nitrogen and oxygen atoms in total. The van der Waals surface area contributed by atoms with E-state index in [0.717, 1.165) is 11.0 Å². The Hall–Kier alpha value is -2.75. The van der Waals surface area contributed by atoms with Crippen LogP contribution in [-0.4, -0.2) is 34.9 Å². The monoisotopic (exact) mass is 673 g/mol. The number of hydrogen-bond acceptors (Lipinski definition) is 4. The third-order valence-electron chi connectivity index (χ3n) is 6.31. The topological polar surface area (TPSA) is 87.7 Å². The number of halogens is 6. The number of nitrogens with one attached hydrogen (secondary N) is 2. The van der Waals surface area contributed by atoms with Gasteiger partial charge in [-0.15, -0.1) is 23.2 Å². The molecular weight excluding hydrogens is 651 g/mol. The molecule has 13 heteroatoms. The van der Waals surface area contributed by atoms with Crippen LogP contribution in [0.5, 0.6) is 0 Å². The predicted octanol–water partition coefficient (Wildman–Crippen LogP) is 8.94. The molecule has 0 saturated heterocycles. The van der Waals surface area contributed by atoms with Crippen LogP contribution in [0.1, 0.15) is 42.6 Å². The van der Waals surface area contributed by atoms with Crippen molar-refractivity contribution in [1.29, 1.82) is 0 Å². The summed E-state index contributed by atoms with van der Waals surface area (Å²) in [7, 11) is 1.44. The van der Waals surface area contributed by atoms with Gasteiger partial charge in [0, 0.05) is 34.4 Å². The number of rotatable bonds is 6. The van der Waals surface area contributed by atoms with E-state index in [9.17, 15) is 18.8 Å². The van der Waals surface area contributed by atoms with Crippen molar-refractivity contribution in [2.24, 2.45) is 5.92 Å². The van der Waals surface area contributed by atoms with Gasteiger partial charge in [0.25, 0.3) is 5.91 Å². The normalized spacial score (nSPS) is 17.3. The Morgan fingerprint density at radius 1 is 0.929 bits per heavy atom. The molecule has 2 atom stereocenters. The number of carbonyl (C=O) groups excluding carboxylic acids is 3. The SMILES string of the molecule is CN(C(=O)OC(C)(C)C)c1ccc(NC(=O)c2cc(NC(=O)C3C(c4cc(Cl)cc(Cl)c4)C3(Cl)Cl)ccc2Cl)c(F)c1. The first kappa shape index (κ1) is 32.2. The Balaban J connectivity index is 1.46. The van der Waals surface area contributed by atoms with E-state index in [1.807, 2.05) is 0 Å². The van der Waals surface area contributed by atoms with Gasteiger partial charge in [-0.2, -0.15) is 0 Å². The second-order valence-corrected chi connectivity index (χ2v) is 13.4. The Morgan fingerprint density at radius 3 is 2.17 bits per heavy atom. The molecule has 0 aliphatic heterocycles. The average molecular weight is 676 g/mol. The van der Waals surface area contributed by atoms with Crippen molar-refractivity contribution in [2.45, 2.75) is 36.6 Å². The lowest BCUT2D eigenvalue weighted by Crippen LogP contribution is -2.34. The Morgan fingerprint density at radius 2 is 1.57 bits per heavy atom. The second-order valence-electron chi connectivity index (χ2n) is 10.7. The minimum Gasteiger partial charge on any atom is -0.443 e. The summed E-state index contributed by atoms with van der Waals surface area (Å²) in [6.07, 6.45) is -0.668. The maximum Gasteiger partial charge on any atom is 0.414 e. The van der Waals surface area contributed by atoms with Gasteiger partial charge < -0.3 is 15.4 Å². The van der Waals surface area contributed by atoms with Gasteiger partial charge in [-0.1, -0.05) is 34.8 Å². The molecule has 4 rings (SSSR count). The van der Waals surface area contributed by atoms with Crippen LogP contribution in [0.4, 0.5) is 26.2 Å². The number of ether oxygens (including phenoxy) is 1. The molecule has 3 aromatic carbocycles. The molecule has 1 saturated carbocycles. The quantitative estimate of drug-likeness (QED) is 0.256. The summed E-state index contributed by atoms with van der Waals surface area (Å²) < 4.78 is 18.8. The number of anilines is 3. The lowest BCUT2D eigenvalue weighted by atomic mass is 10.1. The molecular formula is C29H25Cl5FN3O4. The molecule has 1 aliphatic carbocycles. The highest BCUT2D eigenvalue weighted by atomic mass is 35.5. The van der Waals surface area contributed by atoms with Crippen molar-refractivity contribution in [1.82, 2.24) is 0 Å². The highest BCUT2D eigenvalue weighted by molar-refractivity contribution is 6.53. The van der Waals surface area contributed by atoms with Gasteiger partial charge in [-0.3, -0.25) is 14.5 Å². The van der Waals surface area contributed by atoms with Gasteiger partial charge in [-0.25, -0.2) is 9.18 Å². The van der Waals surface area contributed by atoms with E-state index in [-0.39, 0.29) is 27.6 Å². The van der Waals surface area contributed by atoms with Gasteiger partial charge in [0.05, 0.1) is 22.2 Å². The molecule has 1 fully saturated rings. The summed E-state index contributed by atoms with van der Waals surface area (Å²) in [5, 5.41) is 5.97. The van der Waals surface area contributed by atoms with Crippen molar-refractivity contribution in [3.05, 3.63) is 86.6 Å². The van der Waals surface area contributed by atoms with Crippen LogP contribution >= 0.6 is 58.0 Å². The molecule has 222 valence electrons. The molecule has 3 aromatic rings. The van der Waals surface area contributed by atoms with Crippen LogP contribution in [0.2, 0.25) is 15.1 Å². The zero-order chi connectivity index (χ0) is 31.1. The Bertz CT molecular complexity index is 1560. The molecule has 2 unspecified atom stereocenters. The summed E-state index contributed by atoms with van der Waals surface area (Å²) >= 11 is 31.3. The van der Waals surface area contributed by atoms with E-state index in [0.29, 0.717) is 15.6 Å². The lowest BCUT2D eigenvalue weighted by molar-refractivity contribution is -0.117. The lowest BCUT2D eigenvalue weighted by Gasteiger charge is -2.24. The minimum absolute atomic E-state index is 0.0270. The third-order valence-corrected chi connectivity index (χ3v) is 8.02. The molecule has 3 amide bonds. The first-order valence-electron chi connectivity index (χ1n) is 12.5. The number of nitrogens with zero attached hydrogens (tertiary/aromatic N) is 1. The Labute approximate surface area is 267 Å². The van der Waals surface area contributed by atoms with E-state index >= 15 is 0 Å². The van der Waals surface area contributed by atoms with Gasteiger partial charge in [-0.05, 0) is 80.9 Å². The van der Waals surface area contributed by atoms with Crippen molar-refractivity contribution in [2.75, 3.05) is 22.6 Å². The maximum absolute atomic E-state index is 14.9. The molecule has 1 aliphatic rings. The van der Waals surface area contributed by atoms with E-state index in [1.165, 1.54) is 37.4 Å². The van der Waals surface area contributed by atoms with Crippen LogP contribution in [0.3, 0.4) is 0 Å². The highest BCUT2D eigenvalue weighted by Crippen LogP contribution is 2.65. The van der Waals surface area contributed by atoms with Crippen LogP contribution in [-0.2, 0) is 9.53 Å². The number of carbonyl (C=O) groups is 3. The van der Waals surface area contributed by atoms with Gasteiger partial charge in [0.2, 0.25) is 5.91 Å². The smallest absolute Gasteiger partial charge is 0.414 e. The minimum atomic E-state index is -1.40. The summed E-state index contributed by atoms with van der Waals surface area (Å²) in [5.74, 6) is -3.41. The van der Waals surface area contributed by atoms with Crippen LogP contribution in [0.25, 0.3) is 0 Å². The molecule has 0 radical (unpaired) electrons. The average Bonchev–Trinajstić information content (AvgIpc) is 3.46. The molecule has 0 spiro atoms. The van der Waals surface area contributed by atoms with Crippen LogP contribution < -0.4 is 15.5 Å². The molecule has 2 N–H and O–H groups in total. The standard InChI is InChI=1S/C29H25Cl5FN3O4/c1-28(2,3)42-27(41)38(4)18-6-8-22(21(35)13-18)37-25(39)19-12-17(5-7-20(19)32)36-26(40)24-23(29(24,33)34)14-9-15(30)11-16(31)10-14/h5-13,23-24H,1-4H3,(H,36,40)(H,37,39). The Kier molecular flexibility index (Phi) is 9.26. The van der Waals surface area contributed by atoms with Crippen molar-refractivity contribution >= 4 is 93.0 Å². The largest absolute Gasteiger partial charge is 0.443 e. The fourth-order valence-corrected chi connectivity index (χ4v) is 5.83. The first-order valence-corrected chi connectivity index (χ1v) is 14.4. The zero-order valence-corrected chi connectivity index (χ0v) is 26.5. The third kappa shape index (κ3) is 7.24. The van der Waals surface area contributed by atoms with E-state index in [1.54, 1.807) is 39.0 Å². The van der Waals surface area contributed by atoms with E-state index in [4.69, 9.17) is 62.7 Å². The molecule has 0 bridgehead atoms. The van der Waals surface area contributed by atoms with E-state index < -0.39 is 45.5 Å². The number of alkyl halides is 2. The summed E-state index contributed by atoms with van der Waals surface area (Å²) in [4.78, 5) is 39.6. The molecule has 0 aromatic heterocycles. The second kappa shape index (κ2) is 12.1. The molecule has 42 heavy (non-hydrogen) atoms. The van der Waals surface area contributed by atoms with Crippen molar-refractivity contribution in [3.8, 4) is 0 Å². The van der Waals surface area contributed by atoms with Gasteiger partial charge in [0.15, 0.2) is 0 Å². The fourth-order valence-electron chi connectivity index (χ4n) is 4.26. The summed E-state index contributed by atoms with van der Waals surface area (Å²) in [6.45, 7) is 5.14. The number of hydrogen-bond donors (Lipinski definition) is 2. The summed E-state index contributed by atoms with van der Waals surface area (Å²) in [5.41, 5.74) is 0.160. The van der Waals surface area contributed by atoms with Crippen LogP contribution in [0.15, 0.2) is 54.6 Å². The van der Waals surface area contributed by atoms with Crippen molar-refractivity contribution in [3.63, 3.8) is 0 Å². The highest BCUT2D eigenvalue weighted by Gasteiger charge is 2.67.